The van der Waals surface area contributed by atoms with Crippen molar-refractivity contribution >= 4 is 62.3 Å². The second kappa shape index (κ2) is 12.6. The van der Waals surface area contributed by atoms with Gasteiger partial charge in [0.2, 0.25) is 11.8 Å². The molecular weight excluding hydrogens is 557 g/mol. The van der Waals surface area contributed by atoms with E-state index in [0.29, 0.717) is 17.1 Å². The number of hydrogen-bond donors (Lipinski definition) is 1. The van der Waals surface area contributed by atoms with Crippen molar-refractivity contribution in [2.75, 3.05) is 17.4 Å². The third-order valence-corrected chi connectivity index (χ3v) is 8.30. The van der Waals surface area contributed by atoms with E-state index < -0.39 is 28.5 Å². The van der Waals surface area contributed by atoms with Crippen molar-refractivity contribution in [1.29, 1.82) is 0 Å². The molecule has 0 aromatic heterocycles. The van der Waals surface area contributed by atoms with Gasteiger partial charge in [0, 0.05) is 23.1 Å². The van der Waals surface area contributed by atoms with Crippen molar-refractivity contribution in [2.45, 2.75) is 31.3 Å². The van der Waals surface area contributed by atoms with Gasteiger partial charge in [-0.2, -0.15) is 0 Å². The molecule has 37 heavy (non-hydrogen) atoms. The first kappa shape index (κ1) is 28.8. The minimum Gasteiger partial charge on any atom is -0.355 e. The lowest BCUT2D eigenvalue weighted by Crippen LogP contribution is -2.51. The number of halogens is 3. The summed E-state index contributed by atoms with van der Waals surface area (Å²) in [6.07, 6.45) is 0. The van der Waals surface area contributed by atoms with E-state index in [4.69, 9.17) is 34.8 Å². The molecule has 0 fully saturated rings. The number of likely N-dealkylation sites (N-methyl/N-ethyl adjacent to an activating group) is 1. The van der Waals surface area contributed by atoms with Gasteiger partial charge >= 0.3 is 0 Å². The Morgan fingerprint density at radius 1 is 0.919 bits per heavy atom. The maximum Gasteiger partial charge on any atom is 0.264 e. The molecule has 0 aliphatic rings. The number of nitrogens with one attached hydrogen (secondary N) is 1. The van der Waals surface area contributed by atoms with Crippen LogP contribution >= 0.6 is 34.8 Å². The van der Waals surface area contributed by atoms with Gasteiger partial charge in [0.05, 0.1) is 15.6 Å². The lowest BCUT2D eigenvalue weighted by molar-refractivity contribution is -0.139. The summed E-state index contributed by atoms with van der Waals surface area (Å²) in [4.78, 5) is 27.8. The molecule has 0 unspecified atom stereocenters. The van der Waals surface area contributed by atoms with Gasteiger partial charge in [0.1, 0.15) is 12.6 Å². The first-order chi connectivity index (χ1) is 17.6. The average molecular weight is 583 g/mol. The van der Waals surface area contributed by atoms with Gasteiger partial charge in [-0.1, -0.05) is 71.2 Å². The molecule has 2 amide bonds. The summed E-state index contributed by atoms with van der Waals surface area (Å²) < 4.78 is 28.4. The molecule has 3 aromatic carbocycles. The summed E-state index contributed by atoms with van der Waals surface area (Å²) in [6.45, 7) is 3.05. The number of hydrogen-bond acceptors (Lipinski definition) is 4. The fourth-order valence-corrected chi connectivity index (χ4v) is 5.70. The fourth-order valence-electron chi connectivity index (χ4n) is 3.62. The van der Waals surface area contributed by atoms with Crippen LogP contribution in [0.1, 0.15) is 19.4 Å². The highest BCUT2D eigenvalue weighted by Crippen LogP contribution is 2.33. The predicted octanol–water partition coefficient (Wildman–Crippen LogP) is 5.40. The number of anilines is 1. The van der Waals surface area contributed by atoms with Crippen molar-refractivity contribution in [1.82, 2.24) is 10.2 Å². The SMILES string of the molecule is CCNC(=O)[C@@H](C)N(Cc1ccccc1Cl)C(=O)CN(c1cc(Cl)ccc1Cl)S(=O)(=O)c1ccccc1. The third kappa shape index (κ3) is 6.96. The lowest BCUT2D eigenvalue weighted by atomic mass is 10.1. The van der Waals surface area contributed by atoms with E-state index in [-0.39, 0.29) is 33.1 Å². The summed E-state index contributed by atoms with van der Waals surface area (Å²) in [6, 6.07) is 18.0. The normalized spacial score (nSPS) is 12.0. The monoisotopic (exact) mass is 581 g/mol. The number of nitrogens with zero attached hydrogens (tertiary/aromatic N) is 2. The number of benzene rings is 3. The zero-order valence-corrected chi connectivity index (χ0v) is 23.3. The maximum absolute atomic E-state index is 13.8. The van der Waals surface area contributed by atoms with Crippen LogP contribution in [-0.4, -0.2) is 44.3 Å². The molecule has 0 aliphatic carbocycles. The van der Waals surface area contributed by atoms with Crippen molar-refractivity contribution in [2.24, 2.45) is 0 Å². The molecule has 0 saturated heterocycles. The number of sulfonamides is 1. The number of rotatable bonds is 10. The topological polar surface area (TPSA) is 86.8 Å². The van der Waals surface area contributed by atoms with E-state index in [2.05, 4.69) is 5.32 Å². The van der Waals surface area contributed by atoms with Crippen LogP contribution in [-0.2, 0) is 26.2 Å². The molecule has 3 aromatic rings. The summed E-state index contributed by atoms with van der Waals surface area (Å²) >= 11 is 18.9. The Bertz CT molecular complexity index is 1370. The molecule has 1 atom stereocenters. The largest absolute Gasteiger partial charge is 0.355 e. The Labute approximate surface area is 232 Å². The van der Waals surface area contributed by atoms with E-state index >= 15 is 0 Å². The standard InChI is InChI=1S/C26H26Cl3N3O4S/c1-3-30-26(34)18(2)31(16-19-9-7-8-12-22(19)28)25(33)17-32(24-15-20(27)13-14-23(24)29)37(35,36)21-10-5-4-6-11-21/h4-15,18H,3,16-17H2,1-2H3,(H,30,34)/t18-/m1/s1. The van der Waals surface area contributed by atoms with Crippen LogP contribution in [0, 0.1) is 0 Å². The van der Waals surface area contributed by atoms with Crippen LogP contribution in [0.3, 0.4) is 0 Å². The molecule has 0 bridgehead atoms. The van der Waals surface area contributed by atoms with Gasteiger partial charge in [-0.3, -0.25) is 13.9 Å². The zero-order chi connectivity index (χ0) is 27.2. The smallest absolute Gasteiger partial charge is 0.264 e. The van der Waals surface area contributed by atoms with Crippen molar-refractivity contribution in [3.8, 4) is 0 Å². The Morgan fingerprint density at radius 3 is 2.22 bits per heavy atom. The van der Waals surface area contributed by atoms with Crippen LogP contribution in [0.5, 0.6) is 0 Å². The van der Waals surface area contributed by atoms with Gasteiger partial charge in [-0.05, 0) is 55.8 Å². The molecule has 196 valence electrons. The average Bonchev–Trinajstić information content (AvgIpc) is 2.88. The molecule has 11 heteroatoms. The van der Waals surface area contributed by atoms with E-state index in [1.807, 2.05) is 0 Å². The van der Waals surface area contributed by atoms with Crippen molar-refractivity contribution in [3.05, 3.63) is 93.4 Å². The molecule has 1 N–H and O–H groups in total. The Morgan fingerprint density at radius 2 is 1.57 bits per heavy atom. The molecule has 0 spiro atoms. The number of carbonyl (C=O) groups excluding carboxylic acids is 2. The Balaban J connectivity index is 2.07. The highest BCUT2D eigenvalue weighted by Gasteiger charge is 2.33. The first-order valence-electron chi connectivity index (χ1n) is 11.4. The second-order valence-corrected chi connectivity index (χ2v) is 11.2. The minimum absolute atomic E-state index is 0.0146. The maximum atomic E-state index is 13.8. The van der Waals surface area contributed by atoms with Crippen LogP contribution < -0.4 is 9.62 Å². The highest BCUT2D eigenvalue weighted by molar-refractivity contribution is 7.92. The van der Waals surface area contributed by atoms with Gasteiger partial charge < -0.3 is 10.2 Å². The number of amides is 2. The van der Waals surface area contributed by atoms with Gasteiger partial charge in [0.15, 0.2) is 0 Å². The molecule has 0 saturated carbocycles. The first-order valence-corrected chi connectivity index (χ1v) is 14.0. The predicted molar refractivity (Wildman–Crippen MR) is 148 cm³/mol. The van der Waals surface area contributed by atoms with Crippen molar-refractivity contribution in [3.63, 3.8) is 0 Å². The molecule has 0 heterocycles. The van der Waals surface area contributed by atoms with Crippen LogP contribution in [0.4, 0.5) is 5.69 Å². The van der Waals surface area contributed by atoms with E-state index in [0.717, 1.165) is 4.31 Å². The highest BCUT2D eigenvalue weighted by atomic mass is 35.5. The Hall–Kier alpha value is -2.78. The lowest BCUT2D eigenvalue weighted by Gasteiger charge is -2.32. The summed E-state index contributed by atoms with van der Waals surface area (Å²) in [5, 5.41) is 3.44. The van der Waals surface area contributed by atoms with Crippen molar-refractivity contribution < 1.29 is 18.0 Å². The molecule has 3 rings (SSSR count). The summed E-state index contributed by atoms with van der Waals surface area (Å²) in [7, 11) is -4.24. The summed E-state index contributed by atoms with van der Waals surface area (Å²) in [5.41, 5.74) is 0.640. The van der Waals surface area contributed by atoms with Gasteiger partial charge in [-0.25, -0.2) is 8.42 Å². The third-order valence-electron chi connectivity index (χ3n) is 5.60. The van der Waals surface area contributed by atoms with Gasteiger partial charge in [0.25, 0.3) is 10.0 Å². The summed E-state index contributed by atoms with van der Waals surface area (Å²) in [5.74, 6) is -1.02. The number of carbonyl (C=O) groups is 2. The fraction of sp³-hybridized carbons (Fsp3) is 0.231. The Kier molecular flexibility index (Phi) is 9.84. The molecular formula is C26H26Cl3N3O4S. The van der Waals surface area contributed by atoms with Crippen LogP contribution in [0.2, 0.25) is 15.1 Å². The minimum atomic E-state index is -4.24. The second-order valence-electron chi connectivity index (χ2n) is 8.10. The molecule has 0 aliphatic heterocycles. The van der Waals surface area contributed by atoms with Crippen LogP contribution in [0.15, 0.2) is 77.7 Å². The molecule has 0 radical (unpaired) electrons. The quantitative estimate of drug-likeness (QED) is 0.347. The van der Waals surface area contributed by atoms with E-state index in [1.54, 1.807) is 56.3 Å². The van der Waals surface area contributed by atoms with Gasteiger partial charge in [-0.15, -0.1) is 0 Å². The molecule has 7 nitrogen and oxygen atoms in total. The van der Waals surface area contributed by atoms with E-state index in [9.17, 15) is 18.0 Å². The van der Waals surface area contributed by atoms with Crippen LogP contribution in [0.25, 0.3) is 0 Å². The van der Waals surface area contributed by atoms with E-state index in [1.165, 1.54) is 35.2 Å². The zero-order valence-electron chi connectivity index (χ0n) is 20.2.